The van der Waals surface area contributed by atoms with Gasteiger partial charge in [-0.05, 0) is 41.5 Å². The third-order valence-electron chi connectivity index (χ3n) is 6.36. The van der Waals surface area contributed by atoms with E-state index in [1.165, 1.54) is 0 Å². The minimum absolute atomic E-state index is 0.0786. The summed E-state index contributed by atoms with van der Waals surface area (Å²) in [7, 11) is 1.67. The number of hydrogen-bond acceptors (Lipinski definition) is 5. The summed E-state index contributed by atoms with van der Waals surface area (Å²) >= 11 is 0. The molecule has 0 amide bonds. The van der Waals surface area contributed by atoms with Crippen LogP contribution in [0.1, 0.15) is 36.6 Å². The zero-order chi connectivity index (χ0) is 20.2. The molecule has 2 aromatic carbocycles. The number of ether oxygens (including phenoxy) is 2. The number of nitrogens with one attached hydrogen (secondary N) is 2. The molecule has 29 heavy (non-hydrogen) atoms. The van der Waals surface area contributed by atoms with Gasteiger partial charge in [-0.3, -0.25) is 5.10 Å². The zero-order valence-corrected chi connectivity index (χ0v) is 16.6. The van der Waals surface area contributed by atoms with Crippen LogP contribution in [0, 0.1) is 17.2 Å². The molecule has 3 aromatic rings. The van der Waals surface area contributed by atoms with Crippen LogP contribution in [-0.2, 0) is 5.41 Å². The molecule has 2 aliphatic heterocycles. The van der Waals surface area contributed by atoms with Crippen LogP contribution in [0.25, 0.3) is 11.1 Å². The Labute approximate surface area is 169 Å². The third kappa shape index (κ3) is 2.58. The van der Waals surface area contributed by atoms with Crippen LogP contribution < -0.4 is 14.8 Å². The molecule has 2 atom stereocenters. The minimum Gasteiger partial charge on any atom is -0.493 e. The van der Waals surface area contributed by atoms with E-state index in [9.17, 15) is 5.26 Å². The highest BCUT2D eigenvalue weighted by Crippen LogP contribution is 2.54. The molecular weight excluding hydrogens is 364 g/mol. The Balaban J connectivity index is 1.67. The van der Waals surface area contributed by atoms with Gasteiger partial charge < -0.3 is 14.8 Å². The number of aromatic amines is 1. The fraction of sp³-hybridized carbons (Fsp3) is 0.304. The van der Waals surface area contributed by atoms with Crippen LogP contribution >= 0.6 is 0 Å². The highest BCUT2D eigenvalue weighted by molar-refractivity contribution is 5.71. The van der Waals surface area contributed by atoms with E-state index in [1.807, 2.05) is 30.5 Å². The van der Waals surface area contributed by atoms with E-state index in [0.717, 1.165) is 39.4 Å². The molecule has 5 rings (SSSR count). The predicted molar refractivity (Wildman–Crippen MR) is 110 cm³/mol. The number of H-pyrrole nitrogens is 1. The van der Waals surface area contributed by atoms with Gasteiger partial charge in [-0.2, -0.15) is 10.4 Å². The number of methoxy groups -OCH3 is 1. The molecule has 6 heteroatoms. The van der Waals surface area contributed by atoms with Crippen LogP contribution in [0.2, 0.25) is 0 Å². The Bertz CT molecular complexity index is 1130. The quantitative estimate of drug-likeness (QED) is 0.682. The lowest BCUT2D eigenvalue weighted by molar-refractivity contribution is 0.131. The van der Waals surface area contributed by atoms with Crippen molar-refractivity contribution >= 4 is 5.69 Å². The maximum Gasteiger partial charge on any atom is 0.166 e. The molecule has 0 saturated heterocycles. The van der Waals surface area contributed by atoms with Crippen molar-refractivity contribution < 1.29 is 9.47 Å². The zero-order valence-electron chi connectivity index (χ0n) is 16.6. The number of benzene rings is 2. The number of anilines is 1. The Morgan fingerprint density at radius 2 is 2.10 bits per heavy atom. The second-order valence-corrected chi connectivity index (χ2v) is 8.22. The van der Waals surface area contributed by atoms with Crippen molar-refractivity contribution in [1.29, 1.82) is 5.26 Å². The number of nitrogens with zero attached hydrogens (tertiary/aromatic N) is 2. The molecule has 2 aliphatic rings. The first-order chi connectivity index (χ1) is 14.0. The summed E-state index contributed by atoms with van der Waals surface area (Å²) in [6.45, 7) is 5.04. The molecule has 0 saturated carbocycles. The van der Waals surface area contributed by atoms with E-state index in [1.54, 1.807) is 13.3 Å². The van der Waals surface area contributed by atoms with Crippen LogP contribution in [0.3, 0.4) is 0 Å². The van der Waals surface area contributed by atoms with Crippen LogP contribution in [0.4, 0.5) is 5.69 Å². The normalized spacial score (nSPS) is 20.9. The number of fused-ring (bicyclic) bond motifs is 4. The molecule has 3 heterocycles. The van der Waals surface area contributed by atoms with E-state index in [2.05, 4.69) is 41.5 Å². The van der Waals surface area contributed by atoms with Crippen molar-refractivity contribution in [2.24, 2.45) is 5.92 Å². The Morgan fingerprint density at radius 1 is 1.24 bits per heavy atom. The lowest BCUT2D eigenvalue weighted by atomic mass is 9.65. The Kier molecular flexibility index (Phi) is 3.82. The predicted octanol–water partition coefficient (Wildman–Crippen LogP) is 4.41. The fourth-order valence-corrected chi connectivity index (χ4v) is 4.67. The third-order valence-corrected chi connectivity index (χ3v) is 6.36. The second kappa shape index (κ2) is 6.28. The smallest absolute Gasteiger partial charge is 0.166 e. The van der Waals surface area contributed by atoms with Crippen LogP contribution in [0.5, 0.6) is 11.5 Å². The van der Waals surface area contributed by atoms with Crippen LogP contribution in [-0.4, -0.2) is 23.9 Å². The minimum atomic E-state index is -0.158. The van der Waals surface area contributed by atoms with Gasteiger partial charge in [-0.25, -0.2) is 0 Å². The van der Waals surface area contributed by atoms with E-state index in [4.69, 9.17) is 9.47 Å². The summed E-state index contributed by atoms with van der Waals surface area (Å²) in [6.07, 6.45) is 3.68. The first-order valence-corrected chi connectivity index (χ1v) is 9.68. The lowest BCUT2D eigenvalue weighted by Gasteiger charge is -2.48. The summed E-state index contributed by atoms with van der Waals surface area (Å²) in [4.78, 5) is 0. The molecule has 0 aliphatic carbocycles. The van der Waals surface area contributed by atoms with Crippen LogP contribution in [0.15, 0.2) is 42.7 Å². The Hall–Kier alpha value is -3.46. The van der Waals surface area contributed by atoms with E-state index < -0.39 is 0 Å². The topological polar surface area (TPSA) is 83.0 Å². The highest BCUT2D eigenvalue weighted by atomic mass is 16.5. The van der Waals surface area contributed by atoms with Crippen molar-refractivity contribution in [3.8, 4) is 28.7 Å². The highest BCUT2D eigenvalue weighted by Gasteiger charge is 2.47. The van der Waals surface area contributed by atoms with Gasteiger partial charge in [0.1, 0.15) is 0 Å². The number of nitriles is 1. The molecule has 1 aromatic heterocycles. The van der Waals surface area contributed by atoms with E-state index in [-0.39, 0.29) is 17.4 Å². The van der Waals surface area contributed by atoms with Crippen molar-refractivity contribution in [1.82, 2.24) is 10.2 Å². The van der Waals surface area contributed by atoms with Gasteiger partial charge in [0, 0.05) is 34.3 Å². The molecule has 146 valence electrons. The van der Waals surface area contributed by atoms with Gasteiger partial charge in [0.2, 0.25) is 0 Å². The molecule has 0 spiro atoms. The molecular formula is C23H22N4O2. The monoisotopic (exact) mass is 386 g/mol. The fourth-order valence-electron chi connectivity index (χ4n) is 4.67. The molecule has 0 unspecified atom stereocenters. The van der Waals surface area contributed by atoms with Crippen molar-refractivity contribution in [3.05, 3.63) is 59.4 Å². The van der Waals surface area contributed by atoms with Gasteiger partial charge in [0.05, 0.1) is 37.6 Å². The van der Waals surface area contributed by atoms with E-state index in [0.29, 0.717) is 12.2 Å². The standard InChI is InChI=1S/C23H22N4O2/c1-23(2)17-6-13(9-24)4-5-19(17)27-21-16-7-14(15-10-25-26-11-15)8-20(28-3)22(16)29-12-18(21)23/h4-8,10-11,18,21,27H,12H2,1-3H3,(H,25,26)/t18-,21+/m0/s1. The summed E-state index contributed by atoms with van der Waals surface area (Å²) in [5.74, 6) is 1.73. The molecule has 2 N–H and O–H groups in total. The number of aromatic nitrogens is 2. The van der Waals surface area contributed by atoms with Gasteiger partial charge in [-0.1, -0.05) is 13.8 Å². The molecule has 0 fully saturated rings. The van der Waals surface area contributed by atoms with Gasteiger partial charge in [0.15, 0.2) is 11.5 Å². The van der Waals surface area contributed by atoms with Gasteiger partial charge >= 0.3 is 0 Å². The second-order valence-electron chi connectivity index (χ2n) is 8.22. The van der Waals surface area contributed by atoms with Gasteiger partial charge in [0.25, 0.3) is 0 Å². The molecule has 0 radical (unpaired) electrons. The maximum atomic E-state index is 9.33. The SMILES string of the molecule is COc1cc(-c2cn[nH]c2)cc2c1OC[C@H]1[C@@H]2Nc2ccc(C#N)cc2C1(C)C. The average molecular weight is 386 g/mol. The average Bonchev–Trinajstić information content (AvgIpc) is 3.27. The van der Waals surface area contributed by atoms with Crippen molar-refractivity contribution in [3.63, 3.8) is 0 Å². The van der Waals surface area contributed by atoms with Crippen molar-refractivity contribution in [2.75, 3.05) is 19.0 Å². The lowest BCUT2D eigenvalue weighted by Crippen LogP contribution is -2.46. The van der Waals surface area contributed by atoms with E-state index >= 15 is 0 Å². The first-order valence-electron chi connectivity index (χ1n) is 9.68. The molecule has 0 bridgehead atoms. The summed E-state index contributed by atoms with van der Waals surface area (Å²) in [6, 6.07) is 12.4. The first kappa shape index (κ1) is 17.6. The number of rotatable bonds is 2. The largest absolute Gasteiger partial charge is 0.493 e. The summed E-state index contributed by atoms with van der Waals surface area (Å²) in [5, 5.41) is 20.0. The summed E-state index contributed by atoms with van der Waals surface area (Å²) < 4.78 is 11.9. The number of hydrogen-bond donors (Lipinski definition) is 2. The summed E-state index contributed by atoms with van der Waals surface area (Å²) in [5.41, 5.74) is 5.86. The van der Waals surface area contributed by atoms with Crippen molar-refractivity contribution in [2.45, 2.75) is 25.3 Å². The molecule has 6 nitrogen and oxygen atoms in total. The van der Waals surface area contributed by atoms with Gasteiger partial charge in [-0.15, -0.1) is 0 Å². The Morgan fingerprint density at radius 3 is 2.83 bits per heavy atom. The maximum absolute atomic E-state index is 9.33.